The van der Waals surface area contributed by atoms with Crippen LogP contribution in [0.15, 0.2) is 35.7 Å². The van der Waals surface area contributed by atoms with Crippen LogP contribution in [0.5, 0.6) is 0 Å². The number of carbonyl (C=O) groups is 1. The summed E-state index contributed by atoms with van der Waals surface area (Å²) in [6, 6.07) is 9.79. The van der Waals surface area contributed by atoms with Crippen molar-refractivity contribution in [3.05, 3.63) is 51.7 Å². The lowest BCUT2D eigenvalue weighted by atomic mass is 9.87. The Labute approximate surface area is 129 Å². The van der Waals surface area contributed by atoms with Crippen LogP contribution in [0.4, 0.5) is 5.69 Å². The first-order valence-corrected chi connectivity index (χ1v) is 8.25. The molecule has 1 aromatic heterocycles. The Hall–Kier alpha value is -1.81. The summed E-state index contributed by atoms with van der Waals surface area (Å²) in [4.78, 5) is 14.0. The summed E-state index contributed by atoms with van der Waals surface area (Å²) in [5.41, 5.74) is 8.76. The first-order chi connectivity index (χ1) is 10.1. The zero-order valence-corrected chi connectivity index (χ0v) is 13.0. The summed E-state index contributed by atoms with van der Waals surface area (Å²) < 4.78 is 0. The van der Waals surface area contributed by atoms with Crippen molar-refractivity contribution in [1.29, 1.82) is 0 Å². The Balaban J connectivity index is 1.71. The highest BCUT2D eigenvalue weighted by Crippen LogP contribution is 2.35. The molecule has 1 aliphatic carbocycles. The van der Waals surface area contributed by atoms with E-state index in [9.17, 15) is 4.79 Å². The summed E-state index contributed by atoms with van der Waals surface area (Å²) >= 11 is 1.77. The van der Waals surface area contributed by atoms with Crippen LogP contribution in [0.2, 0.25) is 0 Å². The van der Waals surface area contributed by atoms with Crippen LogP contribution in [0.25, 0.3) is 0 Å². The summed E-state index contributed by atoms with van der Waals surface area (Å²) in [5.74, 6) is 0.148. The van der Waals surface area contributed by atoms with Crippen molar-refractivity contribution in [1.82, 2.24) is 5.32 Å². The fourth-order valence-electron chi connectivity index (χ4n) is 2.94. The molecule has 0 radical (unpaired) electrons. The van der Waals surface area contributed by atoms with E-state index in [1.807, 2.05) is 31.2 Å². The van der Waals surface area contributed by atoms with Crippen molar-refractivity contribution < 1.29 is 4.79 Å². The number of thiophene rings is 1. The molecular formula is C17H20N2OS. The molecule has 0 spiro atoms. The molecule has 3 nitrogen and oxygen atoms in total. The molecule has 0 fully saturated rings. The molecule has 1 amide bonds. The first-order valence-electron chi connectivity index (χ1n) is 7.37. The van der Waals surface area contributed by atoms with Gasteiger partial charge in [-0.1, -0.05) is 12.1 Å². The molecule has 3 rings (SSSR count). The standard InChI is InChI=1S/C17H20N2OS/c1-11(12-5-7-13(18)8-6-12)19-17(20)15-3-2-4-16-14(15)9-10-21-16/h5-11,15H,2-4,18H2,1H3,(H,19,20). The maximum absolute atomic E-state index is 12.6. The molecule has 2 aromatic rings. The predicted octanol–water partition coefficient (Wildman–Crippen LogP) is 3.63. The normalized spacial score (nSPS) is 18.8. The Morgan fingerprint density at radius 2 is 2.10 bits per heavy atom. The number of hydrogen-bond acceptors (Lipinski definition) is 3. The Morgan fingerprint density at radius 3 is 2.86 bits per heavy atom. The van der Waals surface area contributed by atoms with Gasteiger partial charge in [-0.15, -0.1) is 11.3 Å². The molecule has 1 heterocycles. The highest BCUT2D eigenvalue weighted by atomic mass is 32.1. The van der Waals surface area contributed by atoms with Gasteiger partial charge < -0.3 is 11.1 Å². The van der Waals surface area contributed by atoms with Crippen molar-refractivity contribution in [2.45, 2.75) is 38.1 Å². The molecule has 0 bridgehead atoms. The largest absolute Gasteiger partial charge is 0.399 e. The third-order valence-electron chi connectivity index (χ3n) is 4.16. The second kappa shape index (κ2) is 5.90. The molecule has 0 aliphatic heterocycles. The molecule has 3 N–H and O–H groups in total. The van der Waals surface area contributed by atoms with Crippen LogP contribution in [0.3, 0.4) is 0 Å². The summed E-state index contributed by atoms with van der Waals surface area (Å²) in [5, 5.41) is 5.24. The summed E-state index contributed by atoms with van der Waals surface area (Å²) in [6.07, 6.45) is 3.16. The molecule has 21 heavy (non-hydrogen) atoms. The van der Waals surface area contributed by atoms with Crippen molar-refractivity contribution in [2.24, 2.45) is 0 Å². The zero-order chi connectivity index (χ0) is 14.8. The van der Waals surface area contributed by atoms with Gasteiger partial charge in [-0.05, 0) is 60.9 Å². The molecular weight excluding hydrogens is 280 g/mol. The lowest BCUT2D eigenvalue weighted by Crippen LogP contribution is -2.32. The van der Waals surface area contributed by atoms with Gasteiger partial charge in [0.05, 0.1) is 12.0 Å². The monoisotopic (exact) mass is 300 g/mol. The fourth-order valence-corrected chi connectivity index (χ4v) is 3.93. The molecule has 110 valence electrons. The number of anilines is 1. The molecule has 2 atom stereocenters. The topological polar surface area (TPSA) is 55.1 Å². The van der Waals surface area contributed by atoms with E-state index in [0.717, 1.165) is 30.5 Å². The van der Waals surface area contributed by atoms with Gasteiger partial charge in [-0.25, -0.2) is 0 Å². The van der Waals surface area contributed by atoms with Gasteiger partial charge in [0.1, 0.15) is 0 Å². The minimum Gasteiger partial charge on any atom is -0.399 e. The minimum absolute atomic E-state index is 0.00196. The minimum atomic E-state index is 0.00196. The zero-order valence-electron chi connectivity index (χ0n) is 12.1. The highest BCUT2D eigenvalue weighted by molar-refractivity contribution is 7.10. The molecule has 1 aliphatic rings. The number of carbonyl (C=O) groups excluding carboxylic acids is 1. The van der Waals surface area contributed by atoms with E-state index in [4.69, 9.17) is 5.73 Å². The smallest absolute Gasteiger partial charge is 0.228 e. The predicted molar refractivity (Wildman–Crippen MR) is 87.4 cm³/mol. The van der Waals surface area contributed by atoms with Crippen LogP contribution in [-0.4, -0.2) is 5.91 Å². The van der Waals surface area contributed by atoms with E-state index in [-0.39, 0.29) is 17.9 Å². The molecule has 0 saturated carbocycles. The maximum Gasteiger partial charge on any atom is 0.228 e. The maximum atomic E-state index is 12.6. The summed E-state index contributed by atoms with van der Waals surface area (Å²) in [6.45, 7) is 2.01. The van der Waals surface area contributed by atoms with Crippen molar-refractivity contribution in [3.63, 3.8) is 0 Å². The van der Waals surface area contributed by atoms with Gasteiger partial charge in [0.15, 0.2) is 0 Å². The Morgan fingerprint density at radius 1 is 1.33 bits per heavy atom. The highest BCUT2D eigenvalue weighted by Gasteiger charge is 2.28. The quantitative estimate of drug-likeness (QED) is 0.851. The third kappa shape index (κ3) is 2.95. The molecule has 4 heteroatoms. The van der Waals surface area contributed by atoms with Crippen LogP contribution >= 0.6 is 11.3 Å². The van der Waals surface area contributed by atoms with Crippen molar-refractivity contribution in [3.8, 4) is 0 Å². The number of nitrogens with one attached hydrogen (secondary N) is 1. The van der Waals surface area contributed by atoms with Crippen molar-refractivity contribution >= 4 is 22.9 Å². The van der Waals surface area contributed by atoms with Crippen LogP contribution in [-0.2, 0) is 11.2 Å². The summed E-state index contributed by atoms with van der Waals surface area (Å²) in [7, 11) is 0. The molecule has 0 saturated heterocycles. The van der Waals surface area contributed by atoms with Crippen LogP contribution < -0.4 is 11.1 Å². The molecule has 1 aromatic carbocycles. The van der Waals surface area contributed by atoms with Gasteiger partial charge in [-0.2, -0.15) is 0 Å². The second-order valence-corrected chi connectivity index (χ2v) is 6.64. The van der Waals surface area contributed by atoms with E-state index in [0.29, 0.717) is 0 Å². The lowest BCUT2D eigenvalue weighted by molar-refractivity contribution is -0.123. The average molecular weight is 300 g/mol. The van der Waals surface area contributed by atoms with Gasteiger partial charge in [0.25, 0.3) is 0 Å². The van der Waals surface area contributed by atoms with Crippen LogP contribution in [0.1, 0.15) is 47.7 Å². The number of hydrogen-bond donors (Lipinski definition) is 2. The van der Waals surface area contributed by atoms with Gasteiger partial charge in [0.2, 0.25) is 5.91 Å². The van der Waals surface area contributed by atoms with Crippen molar-refractivity contribution in [2.75, 3.05) is 5.73 Å². The SMILES string of the molecule is CC(NC(=O)C1CCCc2sccc21)c1ccc(N)cc1. The lowest BCUT2D eigenvalue weighted by Gasteiger charge is -2.24. The van der Waals surface area contributed by atoms with Crippen LogP contribution in [0, 0.1) is 0 Å². The van der Waals surface area contributed by atoms with E-state index in [1.165, 1.54) is 10.4 Å². The number of fused-ring (bicyclic) bond motifs is 1. The van der Waals surface area contributed by atoms with Gasteiger partial charge in [-0.3, -0.25) is 4.79 Å². The average Bonchev–Trinajstić information content (AvgIpc) is 2.96. The Kier molecular flexibility index (Phi) is 3.97. The number of amides is 1. The van der Waals surface area contributed by atoms with E-state index >= 15 is 0 Å². The van der Waals surface area contributed by atoms with Gasteiger partial charge >= 0.3 is 0 Å². The van der Waals surface area contributed by atoms with E-state index in [1.54, 1.807) is 11.3 Å². The number of aryl methyl sites for hydroxylation is 1. The van der Waals surface area contributed by atoms with Gasteiger partial charge in [0, 0.05) is 10.6 Å². The number of rotatable bonds is 3. The van der Waals surface area contributed by atoms with E-state index < -0.39 is 0 Å². The number of nitrogens with two attached hydrogens (primary N) is 1. The number of nitrogen functional groups attached to an aromatic ring is 1. The third-order valence-corrected chi connectivity index (χ3v) is 5.16. The Bertz CT molecular complexity index is 632. The van der Waals surface area contributed by atoms with E-state index in [2.05, 4.69) is 16.8 Å². The molecule has 2 unspecified atom stereocenters. The number of benzene rings is 1. The second-order valence-electron chi connectivity index (χ2n) is 5.64. The first kappa shape index (κ1) is 14.1. The fraction of sp³-hybridized carbons (Fsp3) is 0.353.